The van der Waals surface area contributed by atoms with E-state index in [1.54, 1.807) is 24.5 Å². The molecule has 23 heavy (non-hydrogen) atoms. The lowest BCUT2D eigenvalue weighted by Gasteiger charge is -2.06. The summed E-state index contributed by atoms with van der Waals surface area (Å²) in [6.07, 6.45) is 6.91. The average Bonchev–Trinajstić information content (AvgIpc) is 2.98. The predicted molar refractivity (Wildman–Crippen MR) is 87.7 cm³/mol. The Morgan fingerprint density at radius 3 is 2.87 bits per heavy atom. The summed E-state index contributed by atoms with van der Waals surface area (Å²) in [5.74, 6) is 0. The van der Waals surface area contributed by atoms with E-state index in [2.05, 4.69) is 9.97 Å². The number of nitro groups is 1. The minimum Gasteiger partial charge on any atom is -0.295 e. The van der Waals surface area contributed by atoms with Gasteiger partial charge in [-0.15, -0.1) is 0 Å². The van der Waals surface area contributed by atoms with E-state index < -0.39 is 0 Å². The number of fused-ring (bicyclic) bond motifs is 2. The first-order valence-electron chi connectivity index (χ1n) is 6.85. The Morgan fingerprint density at radius 1 is 1.09 bits per heavy atom. The van der Waals surface area contributed by atoms with E-state index in [-0.39, 0.29) is 10.6 Å². The van der Waals surface area contributed by atoms with Gasteiger partial charge >= 0.3 is 0 Å². The number of aromatic nitrogens is 3. The van der Waals surface area contributed by atoms with Crippen molar-refractivity contribution in [2.75, 3.05) is 0 Å². The van der Waals surface area contributed by atoms with Gasteiger partial charge in [0.1, 0.15) is 0 Å². The van der Waals surface area contributed by atoms with Gasteiger partial charge in [-0.05, 0) is 24.3 Å². The van der Waals surface area contributed by atoms with Crippen molar-refractivity contribution in [1.29, 1.82) is 0 Å². The van der Waals surface area contributed by atoms with Crippen LogP contribution in [0.15, 0.2) is 71.2 Å². The minimum atomic E-state index is -0.386. The van der Waals surface area contributed by atoms with Crippen LogP contribution in [-0.4, -0.2) is 19.3 Å². The van der Waals surface area contributed by atoms with Crippen LogP contribution in [0.1, 0.15) is 0 Å². The van der Waals surface area contributed by atoms with E-state index in [4.69, 9.17) is 0 Å². The van der Waals surface area contributed by atoms with Gasteiger partial charge in [0.25, 0.3) is 5.69 Å². The van der Waals surface area contributed by atoms with Gasteiger partial charge in [0, 0.05) is 34.9 Å². The van der Waals surface area contributed by atoms with Crippen LogP contribution in [0.5, 0.6) is 0 Å². The van der Waals surface area contributed by atoms with Crippen LogP contribution in [0.25, 0.3) is 16.3 Å². The number of hydrogen-bond acceptors (Lipinski definition) is 5. The first-order chi connectivity index (χ1) is 11.2. The van der Waals surface area contributed by atoms with E-state index in [9.17, 15) is 10.1 Å². The Morgan fingerprint density at radius 2 is 2.00 bits per heavy atom. The van der Waals surface area contributed by atoms with E-state index in [1.807, 2.05) is 28.8 Å². The fourth-order valence-corrected chi connectivity index (χ4v) is 3.48. The summed E-state index contributed by atoms with van der Waals surface area (Å²) in [5, 5.41) is 13.3. The summed E-state index contributed by atoms with van der Waals surface area (Å²) in [4.78, 5) is 20.1. The Balaban J connectivity index is 1.87. The van der Waals surface area contributed by atoms with E-state index in [0.29, 0.717) is 5.39 Å². The van der Waals surface area contributed by atoms with Crippen molar-refractivity contribution in [1.82, 2.24) is 14.4 Å². The van der Waals surface area contributed by atoms with Crippen LogP contribution in [0, 0.1) is 10.1 Å². The van der Waals surface area contributed by atoms with Crippen molar-refractivity contribution in [2.24, 2.45) is 0 Å². The molecule has 0 atom stereocenters. The molecule has 0 aliphatic heterocycles. The van der Waals surface area contributed by atoms with Crippen molar-refractivity contribution in [3.8, 4) is 0 Å². The fraction of sp³-hybridized carbons (Fsp3) is 0. The van der Waals surface area contributed by atoms with Crippen molar-refractivity contribution in [3.63, 3.8) is 0 Å². The third-order valence-corrected chi connectivity index (χ3v) is 4.62. The quantitative estimate of drug-likeness (QED) is 0.422. The van der Waals surface area contributed by atoms with E-state index >= 15 is 0 Å². The topological polar surface area (TPSA) is 73.3 Å². The van der Waals surface area contributed by atoms with Gasteiger partial charge < -0.3 is 0 Å². The summed E-state index contributed by atoms with van der Waals surface area (Å²) >= 11 is 1.48. The maximum absolute atomic E-state index is 11.2. The molecular formula is C16H10N4O2S. The zero-order valence-electron chi connectivity index (χ0n) is 11.8. The predicted octanol–water partition coefficient (Wildman–Crippen LogP) is 3.94. The molecule has 0 spiro atoms. The lowest BCUT2D eigenvalue weighted by atomic mass is 10.1. The molecule has 0 saturated heterocycles. The standard InChI is InChI=1S/C16H10N4O2S/c21-20(22)14-4-5-15(12-6-7-17-10-13(12)14)23-16-18-9-11-3-1-2-8-19(11)16/h1-10H. The Hall–Kier alpha value is -2.93. The molecule has 3 aromatic heterocycles. The van der Waals surface area contributed by atoms with Gasteiger partial charge in [0.2, 0.25) is 0 Å². The molecule has 4 rings (SSSR count). The van der Waals surface area contributed by atoms with Crippen LogP contribution in [0.3, 0.4) is 0 Å². The van der Waals surface area contributed by atoms with Crippen LogP contribution in [-0.2, 0) is 0 Å². The second-order valence-corrected chi connectivity index (χ2v) is 5.91. The van der Waals surface area contributed by atoms with Crippen LogP contribution in [0.2, 0.25) is 0 Å². The largest absolute Gasteiger partial charge is 0.295 e. The molecule has 0 amide bonds. The number of imidazole rings is 1. The highest BCUT2D eigenvalue weighted by molar-refractivity contribution is 7.99. The molecule has 0 N–H and O–H groups in total. The number of nitrogens with zero attached hydrogens (tertiary/aromatic N) is 4. The molecule has 7 heteroatoms. The SMILES string of the molecule is O=[N+]([O-])c1ccc(Sc2ncc3ccccn23)c2ccncc12. The van der Waals surface area contributed by atoms with Crippen molar-refractivity contribution in [2.45, 2.75) is 10.1 Å². The Bertz CT molecular complexity index is 1040. The molecule has 3 heterocycles. The maximum Gasteiger partial charge on any atom is 0.278 e. The van der Waals surface area contributed by atoms with Gasteiger partial charge in [-0.25, -0.2) is 4.98 Å². The van der Waals surface area contributed by atoms with Gasteiger partial charge in [-0.2, -0.15) is 0 Å². The normalized spacial score (nSPS) is 11.1. The summed E-state index contributed by atoms with van der Waals surface area (Å²) in [6, 6.07) is 10.9. The monoisotopic (exact) mass is 322 g/mol. The van der Waals surface area contributed by atoms with Crippen molar-refractivity contribution in [3.05, 3.63) is 71.3 Å². The molecule has 0 radical (unpaired) electrons. The summed E-state index contributed by atoms with van der Waals surface area (Å²) < 4.78 is 1.99. The zero-order valence-corrected chi connectivity index (χ0v) is 12.6. The minimum absolute atomic E-state index is 0.0606. The number of non-ortho nitro benzene ring substituents is 1. The second-order valence-electron chi connectivity index (χ2n) is 4.90. The molecule has 0 fully saturated rings. The zero-order chi connectivity index (χ0) is 15.8. The lowest BCUT2D eigenvalue weighted by molar-refractivity contribution is -0.383. The number of rotatable bonds is 3. The average molecular weight is 322 g/mol. The molecule has 112 valence electrons. The molecule has 0 aliphatic rings. The molecule has 1 aromatic carbocycles. The summed E-state index contributed by atoms with van der Waals surface area (Å²) in [6.45, 7) is 0. The van der Waals surface area contributed by atoms with E-state index in [0.717, 1.165) is 21.0 Å². The first-order valence-corrected chi connectivity index (χ1v) is 7.67. The van der Waals surface area contributed by atoms with Crippen LogP contribution < -0.4 is 0 Å². The molecular weight excluding hydrogens is 312 g/mol. The number of hydrogen-bond donors (Lipinski definition) is 0. The fourth-order valence-electron chi connectivity index (χ4n) is 2.49. The summed E-state index contributed by atoms with van der Waals surface area (Å²) in [7, 11) is 0. The molecule has 0 saturated carbocycles. The molecule has 4 aromatic rings. The number of nitro benzene ring substituents is 1. The molecule has 0 aliphatic carbocycles. The Kier molecular flexibility index (Phi) is 3.20. The van der Waals surface area contributed by atoms with Crippen molar-refractivity contribution >= 4 is 33.7 Å². The van der Waals surface area contributed by atoms with E-state index in [1.165, 1.54) is 24.0 Å². The van der Waals surface area contributed by atoms with Gasteiger partial charge in [0.05, 0.1) is 22.0 Å². The van der Waals surface area contributed by atoms with Crippen LogP contribution >= 0.6 is 11.8 Å². The van der Waals surface area contributed by atoms with Gasteiger partial charge in [0.15, 0.2) is 5.16 Å². The third-order valence-electron chi connectivity index (χ3n) is 3.56. The smallest absolute Gasteiger partial charge is 0.278 e. The van der Waals surface area contributed by atoms with Gasteiger partial charge in [-0.3, -0.25) is 19.5 Å². The van der Waals surface area contributed by atoms with Crippen LogP contribution in [0.4, 0.5) is 5.69 Å². The first kappa shape index (κ1) is 13.7. The molecule has 6 nitrogen and oxygen atoms in total. The highest BCUT2D eigenvalue weighted by Gasteiger charge is 2.16. The Labute approximate surface area is 135 Å². The third kappa shape index (κ3) is 2.31. The molecule has 0 unspecified atom stereocenters. The lowest BCUT2D eigenvalue weighted by Crippen LogP contribution is -1.92. The molecule has 0 bridgehead atoms. The second kappa shape index (κ2) is 5.36. The highest BCUT2D eigenvalue weighted by atomic mass is 32.2. The maximum atomic E-state index is 11.2. The van der Waals surface area contributed by atoms with Crippen molar-refractivity contribution < 1.29 is 4.92 Å². The highest BCUT2D eigenvalue weighted by Crippen LogP contribution is 2.36. The number of benzene rings is 1. The number of pyridine rings is 2. The van der Waals surface area contributed by atoms with Gasteiger partial charge in [-0.1, -0.05) is 17.8 Å². The summed E-state index contributed by atoms with van der Waals surface area (Å²) in [5.41, 5.74) is 1.06.